The monoisotopic (exact) mass is 304 g/mol. The highest BCUT2D eigenvalue weighted by Crippen LogP contribution is 2.34. The van der Waals surface area contributed by atoms with Crippen molar-refractivity contribution in [2.75, 3.05) is 7.11 Å². The summed E-state index contributed by atoms with van der Waals surface area (Å²) in [4.78, 5) is 20.5. The second-order valence-electron chi connectivity index (χ2n) is 4.01. The molecule has 0 spiro atoms. The number of benzene rings is 1. The molecule has 2 heterocycles. The summed E-state index contributed by atoms with van der Waals surface area (Å²) in [7, 11) is 1.32. The van der Waals surface area contributed by atoms with Crippen LogP contribution in [0.4, 0.5) is 0 Å². The number of aromatic nitrogens is 2. The van der Waals surface area contributed by atoms with E-state index in [1.165, 1.54) is 18.4 Å². The average Bonchev–Trinajstić information content (AvgIpc) is 2.87. The standard InChI is InChI=1S/C14H9ClN2O2S/c1-19-14(18)11-12(15)17-13(20-11)9-6-2-4-8-5-3-7-16-10(8)9/h2-7H,1H3. The molecule has 1 aromatic carbocycles. The number of hydrogen-bond acceptors (Lipinski definition) is 5. The van der Waals surface area contributed by atoms with E-state index in [0.29, 0.717) is 9.88 Å². The van der Waals surface area contributed by atoms with E-state index in [-0.39, 0.29) is 5.15 Å². The SMILES string of the molecule is COC(=O)c1sc(-c2cccc3cccnc23)nc1Cl. The van der Waals surface area contributed by atoms with Crippen molar-refractivity contribution >= 4 is 39.8 Å². The van der Waals surface area contributed by atoms with E-state index in [4.69, 9.17) is 11.6 Å². The van der Waals surface area contributed by atoms with Gasteiger partial charge in [-0.25, -0.2) is 9.78 Å². The first-order valence-electron chi connectivity index (χ1n) is 5.79. The molecule has 0 aliphatic heterocycles. The van der Waals surface area contributed by atoms with Crippen LogP contribution >= 0.6 is 22.9 Å². The summed E-state index contributed by atoms with van der Waals surface area (Å²) in [5.41, 5.74) is 1.68. The van der Waals surface area contributed by atoms with Gasteiger partial charge in [0.25, 0.3) is 0 Å². The zero-order valence-electron chi connectivity index (χ0n) is 10.5. The van der Waals surface area contributed by atoms with Gasteiger partial charge in [-0.05, 0) is 12.1 Å². The van der Waals surface area contributed by atoms with Crippen molar-refractivity contribution in [2.24, 2.45) is 0 Å². The van der Waals surface area contributed by atoms with Crippen LogP contribution in [-0.4, -0.2) is 23.0 Å². The van der Waals surface area contributed by atoms with E-state index in [9.17, 15) is 4.79 Å². The van der Waals surface area contributed by atoms with Crippen molar-refractivity contribution < 1.29 is 9.53 Å². The number of methoxy groups -OCH3 is 1. The molecule has 0 unspecified atom stereocenters. The Labute approximate surface area is 124 Å². The maximum absolute atomic E-state index is 11.6. The molecule has 0 aliphatic rings. The molecule has 2 aromatic heterocycles. The summed E-state index contributed by atoms with van der Waals surface area (Å²) in [6.45, 7) is 0. The van der Waals surface area contributed by atoms with Crippen LogP contribution in [0.2, 0.25) is 5.15 Å². The lowest BCUT2D eigenvalue weighted by Crippen LogP contribution is -1.98. The number of nitrogens with zero attached hydrogens (tertiary/aromatic N) is 2. The van der Waals surface area contributed by atoms with E-state index in [2.05, 4.69) is 14.7 Å². The Kier molecular flexibility index (Phi) is 3.38. The van der Waals surface area contributed by atoms with Gasteiger partial charge < -0.3 is 4.74 Å². The van der Waals surface area contributed by atoms with Gasteiger partial charge in [0.1, 0.15) is 5.01 Å². The first-order valence-corrected chi connectivity index (χ1v) is 6.99. The quantitative estimate of drug-likeness (QED) is 0.676. The van der Waals surface area contributed by atoms with E-state index in [0.717, 1.165) is 16.5 Å². The summed E-state index contributed by atoms with van der Waals surface area (Å²) >= 11 is 7.20. The van der Waals surface area contributed by atoms with Crippen molar-refractivity contribution in [3.05, 3.63) is 46.6 Å². The topological polar surface area (TPSA) is 52.1 Å². The van der Waals surface area contributed by atoms with Gasteiger partial charge in [0, 0.05) is 17.1 Å². The smallest absolute Gasteiger partial charge is 0.351 e. The van der Waals surface area contributed by atoms with Crippen LogP contribution in [0.15, 0.2) is 36.5 Å². The molecule has 0 N–H and O–H groups in total. The molecule has 20 heavy (non-hydrogen) atoms. The fraction of sp³-hybridized carbons (Fsp3) is 0.0714. The van der Waals surface area contributed by atoms with Crippen molar-refractivity contribution in [1.82, 2.24) is 9.97 Å². The largest absolute Gasteiger partial charge is 0.465 e. The zero-order valence-corrected chi connectivity index (χ0v) is 12.0. The molecule has 100 valence electrons. The fourth-order valence-corrected chi connectivity index (χ4v) is 3.14. The minimum Gasteiger partial charge on any atom is -0.465 e. The number of carbonyl (C=O) groups excluding carboxylic acids is 1. The molecule has 4 nitrogen and oxygen atoms in total. The summed E-state index contributed by atoms with van der Waals surface area (Å²) in [6, 6.07) is 9.66. The predicted molar refractivity (Wildman–Crippen MR) is 79.2 cm³/mol. The zero-order chi connectivity index (χ0) is 14.1. The van der Waals surface area contributed by atoms with Gasteiger partial charge in [-0.3, -0.25) is 4.98 Å². The number of esters is 1. The van der Waals surface area contributed by atoms with Gasteiger partial charge >= 0.3 is 5.97 Å². The molecule has 3 aromatic rings. The Balaban J connectivity index is 2.19. The number of pyridine rings is 1. The molecule has 0 aliphatic carbocycles. The van der Waals surface area contributed by atoms with E-state index in [1.807, 2.05) is 30.3 Å². The molecule has 6 heteroatoms. The molecule has 0 amide bonds. The third-order valence-corrected chi connectivity index (χ3v) is 4.27. The molecule has 0 saturated carbocycles. The highest BCUT2D eigenvalue weighted by molar-refractivity contribution is 7.17. The molecule has 0 atom stereocenters. The number of fused-ring (bicyclic) bond motifs is 1. The Morgan fingerprint density at radius 3 is 2.90 bits per heavy atom. The number of thiazole rings is 1. The van der Waals surface area contributed by atoms with Crippen LogP contribution in [-0.2, 0) is 4.74 Å². The number of para-hydroxylation sites is 1. The molecular formula is C14H9ClN2O2S. The number of hydrogen-bond donors (Lipinski definition) is 0. The van der Waals surface area contributed by atoms with Gasteiger partial charge in [-0.15, -0.1) is 11.3 Å². The van der Waals surface area contributed by atoms with Crippen LogP contribution < -0.4 is 0 Å². The normalized spacial score (nSPS) is 10.7. The van der Waals surface area contributed by atoms with E-state index in [1.54, 1.807) is 6.20 Å². The van der Waals surface area contributed by atoms with E-state index < -0.39 is 5.97 Å². The molecular weight excluding hydrogens is 296 g/mol. The highest BCUT2D eigenvalue weighted by Gasteiger charge is 2.19. The summed E-state index contributed by atoms with van der Waals surface area (Å²) in [5.74, 6) is -0.480. The predicted octanol–water partition coefficient (Wildman–Crippen LogP) is 3.80. The van der Waals surface area contributed by atoms with E-state index >= 15 is 0 Å². The van der Waals surface area contributed by atoms with Crippen molar-refractivity contribution in [3.63, 3.8) is 0 Å². The van der Waals surface area contributed by atoms with Gasteiger partial charge in [-0.1, -0.05) is 29.8 Å². The molecule has 0 radical (unpaired) electrons. The first kappa shape index (κ1) is 13.0. The number of halogens is 1. The van der Waals surface area contributed by atoms with Crippen LogP contribution in [0.3, 0.4) is 0 Å². The molecule has 0 fully saturated rings. The van der Waals surface area contributed by atoms with Gasteiger partial charge in [0.15, 0.2) is 10.0 Å². The Morgan fingerprint density at radius 1 is 1.30 bits per heavy atom. The van der Waals surface area contributed by atoms with Crippen LogP contribution in [0.5, 0.6) is 0 Å². The molecule has 0 saturated heterocycles. The van der Waals surface area contributed by atoms with Crippen molar-refractivity contribution in [2.45, 2.75) is 0 Å². The maximum atomic E-state index is 11.6. The second kappa shape index (κ2) is 5.19. The maximum Gasteiger partial charge on any atom is 0.351 e. The number of rotatable bonds is 2. The van der Waals surface area contributed by atoms with Crippen LogP contribution in [0.25, 0.3) is 21.5 Å². The lowest BCUT2D eigenvalue weighted by molar-refractivity contribution is 0.0606. The highest BCUT2D eigenvalue weighted by atomic mass is 35.5. The lowest BCUT2D eigenvalue weighted by Gasteiger charge is -2.01. The van der Waals surface area contributed by atoms with Gasteiger partial charge in [0.2, 0.25) is 0 Å². The van der Waals surface area contributed by atoms with Crippen LogP contribution in [0.1, 0.15) is 9.67 Å². The Bertz CT molecular complexity index is 795. The average molecular weight is 305 g/mol. The van der Waals surface area contributed by atoms with Gasteiger partial charge in [0.05, 0.1) is 12.6 Å². The number of ether oxygens (including phenoxy) is 1. The fourth-order valence-electron chi connectivity index (χ4n) is 1.91. The first-order chi connectivity index (χ1) is 9.70. The lowest BCUT2D eigenvalue weighted by atomic mass is 10.1. The second-order valence-corrected chi connectivity index (χ2v) is 5.37. The van der Waals surface area contributed by atoms with Crippen molar-refractivity contribution in [1.29, 1.82) is 0 Å². The van der Waals surface area contributed by atoms with Gasteiger partial charge in [-0.2, -0.15) is 0 Å². The number of carbonyl (C=O) groups is 1. The third kappa shape index (κ3) is 2.15. The van der Waals surface area contributed by atoms with Crippen LogP contribution in [0, 0.1) is 0 Å². The van der Waals surface area contributed by atoms with Crippen molar-refractivity contribution in [3.8, 4) is 10.6 Å². The summed E-state index contributed by atoms with van der Waals surface area (Å²) < 4.78 is 4.69. The summed E-state index contributed by atoms with van der Waals surface area (Å²) in [5, 5.41) is 1.82. The third-order valence-electron chi connectivity index (χ3n) is 2.82. The summed E-state index contributed by atoms with van der Waals surface area (Å²) in [6.07, 6.45) is 1.72. The molecule has 0 bridgehead atoms. The Hall–Kier alpha value is -1.98. The Morgan fingerprint density at radius 2 is 2.10 bits per heavy atom. The minimum atomic E-state index is -0.480. The minimum absolute atomic E-state index is 0.157. The molecule has 3 rings (SSSR count).